The molecule has 0 aromatic heterocycles. The Bertz CT molecular complexity index is 410. The van der Waals surface area contributed by atoms with Crippen molar-refractivity contribution in [3.8, 4) is 0 Å². The van der Waals surface area contributed by atoms with Crippen molar-refractivity contribution in [1.82, 2.24) is 0 Å². The Kier molecular flexibility index (Phi) is 5.58. The molecular weight excluding hydrogens is 288 g/mol. The van der Waals surface area contributed by atoms with E-state index in [1.165, 1.54) is 13.8 Å². The zero-order valence-corrected chi connectivity index (χ0v) is 12.0. The van der Waals surface area contributed by atoms with Crippen LogP contribution in [0.5, 0.6) is 0 Å². The third-order valence-electron chi connectivity index (χ3n) is 2.84. The Morgan fingerprint density at radius 1 is 1.55 bits per heavy atom. The summed E-state index contributed by atoms with van der Waals surface area (Å²) in [7, 11) is 0. The highest BCUT2D eigenvalue weighted by Gasteiger charge is 2.37. The maximum atomic E-state index is 10.5. The number of aliphatic hydroxyl groups excluding tert-OH is 1. The SMILES string of the molecule is CC(C)(O)OC1CC(N=C(N)C(N=O)C(=N)Cl)CC1O. The fraction of sp³-hybridized carbons (Fsp3) is 0.818. The number of aliphatic hydroxyl groups is 2. The maximum Gasteiger partial charge on any atom is 0.200 e. The van der Waals surface area contributed by atoms with Gasteiger partial charge in [0.15, 0.2) is 5.79 Å². The molecule has 1 saturated carbocycles. The zero-order chi connectivity index (χ0) is 15.5. The normalized spacial score (nSPS) is 29.2. The molecule has 0 radical (unpaired) electrons. The van der Waals surface area contributed by atoms with Crippen molar-refractivity contribution < 1.29 is 14.9 Å². The molecule has 0 bridgehead atoms. The van der Waals surface area contributed by atoms with Gasteiger partial charge < -0.3 is 20.7 Å². The van der Waals surface area contributed by atoms with Gasteiger partial charge in [-0.1, -0.05) is 16.8 Å². The number of nitrogens with one attached hydrogen (secondary N) is 1. The van der Waals surface area contributed by atoms with Crippen LogP contribution in [0.2, 0.25) is 0 Å². The summed E-state index contributed by atoms with van der Waals surface area (Å²) in [6.07, 6.45) is -0.744. The van der Waals surface area contributed by atoms with Gasteiger partial charge in [0.25, 0.3) is 0 Å². The molecule has 1 rings (SSSR count). The molecule has 0 spiro atoms. The van der Waals surface area contributed by atoms with Crippen LogP contribution in [0.25, 0.3) is 0 Å². The summed E-state index contributed by atoms with van der Waals surface area (Å²) in [6, 6.07) is -1.68. The second-order valence-electron chi connectivity index (χ2n) is 5.21. The number of nitrogens with zero attached hydrogens (tertiary/aromatic N) is 2. The van der Waals surface area contributed by atoms with Crippen LogP contribution in [0.1, 0.15) is 26.7 Å². The van der Waals surface area contributed by atoms with Gasteiger partial charge in [0, 0.05) is 0 Å². The van der Waals surface area contributed by atoms with Crippen molar-refractivity contribution in [2.75, 3.05) is 0 Å². The number of nitroso groups, excluding NO2 is 1. The molecule has 20 heavy (non-hydrogen) atoms. The quantitative estimate of drug-likeness (QED) is 0.242. The van der Waals surface area contributed by atoms with Gasteiger partial charge in [-0.25, -0.2) is 0 Å². The zero-order valence-electron chi connectivity index (χ0n) is 11.3. The lowest BCUT2D eigenvalue weighted by atomic mass is 10.2. The van der Waals surface area contributed by atoms with E-state index < -0.39 is 29.2 Å². The number of halogens is 1. The first-order valence-corrected chi connectivity index (χ1v) is 6.49. The van der Waals surface area contributed by atoms with E-state index in [1.54, 1.807) is 0 Å². The van der Waals surface area contributed by atoms with Gasteiger partial charge >= 0.3 is 0 Å². The van der Waals surface area contributed by atoms with Crippen LogP contribution in [0.3, 0.4) is 0 Å². The van der Waals surface area contributed by atoms with E-state index in [-0.39, 0.29) is 18.3 Å². The Morgan fingerprint density at radius 3 is 2.60 bits per heavy atom. The standard InChI is InChI=1S/C11H19ClN4O4/c1-11(2,18)20-7-4-5(3-6(7)17)15-10(14)8(16-19)9(12)13/h5-8,13,17-18H,3-4H2,1-2H3,(H2,14,15). The highest BCUT2D eigenvalue weighted by molar-refractivity contribution is 6.67. The van der Waals surface area contributed by atoms with Crippen molar-refractivity contribution in [1.29, 1.82) is 5.41 Å². The molecule has 1 aliphatic rings. The first-order chi connectivity index (χ1) is 9.14. The number of aliphatic imine (C=N–C) groups is 1. The number of ether oxygens (including phenoxy) is 1. The Labute approximate surface area is 121 Å². The fourth-order valence-corrected chi connectivity index (χ4v) is 2.22. The molecule has 4 unspecified atom stereocenters. The Balaban J connectivity index is 2.71. The first-order valence-electron chi connectivity index (χ1n) is 6.12. The number of rotatable bonds is 6. The lowest BCUT2D eigenvalue weighted by molar-refractivity contribution is -0.219. The summed E-state index contributed by atoms with van der Waals surface area (Å²) >= 11 is 5.39. The summed E-state index contributed by atoms with van der Waals surface area (Å²) in [5.41, 5.74) is 5.59. The summed E-state index contributed by atoms with van der Waals surface area (Å²) in [5.74, 6) is -1.53. The summed E-state index contributed by atoms with van der Waals surface area (Å²) < 4.78 is 5.30. The molecule has 9 heteroatoms. The van der Waals surface area contributed by atoms with E-state index in [4.69, 9.17) is 27.5 Å². The number of nitrogens with two attached hydrogens (primary N) is 1. The lowest BCUT2D eigenvalue weighted by Crippen LogP contribution is -2.34. The number of hydrogen-bond acceptors (Lipinski definition) is 7. The van der Waals surface area contributed by atoms with Crippen LogP contribution in [-0.4, -0.2) is 51.3 Å². The predicted octanol–water partition coefficient (Wildman–Crippen LogP) is 0.332. The van der Waals surface area contributed by atoms with Crippen LogP contribution < -0.4 is 5.73 Å². The molecule has 0 aromatic rings. The van der Waals surface area contributed by atoms with E-state index in [9.17, 15) is 15.1 Å². The van der Waals surface area contributed by atoms with Gasteiger partial charge in [0.2, 0.25) is 6.04 Å². The van der Waals surface area contributed by atoms with Crippen molar-refractivity contribution in [3.63, 3.8) is 0 Å². The minimum atomic E-state index is -1.36. The molecule has 0 amide bonds. The minimum absolute atomic E-state index is 0.166. The van der Waals surface area contributed by atoms with Gasteiger partial charge in [-0.15, -0.1) is 4.91 Å². The van der Waals surface area contributed by atoms with Crippen molar-refractivity contribution in [3.05, 3.63) is 4.91 Å². The van der Waals surface area contributed by atoms with E-state index in [0.717, 1.165) is 0 Å². The van der Waals surface area contributed by atoms with Crippen LogP contribution in [-0.2, 0) is 4.74 Å². The molecule has 0 aliphatic heterocycles. The second-order valence-corrected chi connectivity index (χ2v) is 5.61. The molecule has 0 aromatic carbocycles. The predicted molar refractivity (Wildman–Crippen MR) is 75.0 cm³/mol. The van der Waals surface area contributed by atoms with Gasteiger partial charge in [-0.3, -0.25) is 10.4 Å². The minimum Gasteiger partial charge on any atom is -0.390 e. The summed E-state index contributed by atoms with van der Waals surface area (Å²) in [6.45, 7) is 2.93. The third kappa shape index (κ3) is 4.78. The summed E-state index contributed by atoms with van der Waals surface area (Å²) in [5, 5.41) is 28.7. The fourth-order valence-electron chi connectivity index (χ4n) is 2.07. The summed E-state index contributed by atoms with van der Waals surface area (Å²) in [4.78, 5) is 14.6. The molecule has 0 saturated heterocycles. The smallest absolute Gasteiger partial charge is 0.200 e. The number of amidine groups is 1. The third-order valence-corrected chi connectivity index (χ3v) is 3.05. The van der Waals surface area contributed by atoms with Crippen molar-refractivity contribution in [2.45, 2.75) is 56.8 Å². The Hall–Kier alpha value is -1.09. The second kappa shape index (κ2) is 6.57. The topological polar surface area (TPSA) is 141 Å². The molecule has 5 N–H and O–H groups in total. The molecule has 4 atom stereocenters. The van der Waals surface area contributed by atoms with E-state index in [1.807, 2.05) is 0 Å². The molecule has 8 nitrogen and oxygen atoms in total. The van der Waals surface area contributed by atoms with Gasteiger partial charge in [-0.2, -0.15) is 0 Å². The van der Waals surface area contributed by atoms with Crippen LogP contribution in [0.4, 0.5) is 0 Å². The van der Waals surface area contributed by atoms with Crippen LogP contribution in [0.15, 0.2) is 10.2 Å². The molecular formula is C11H19ClN4O4. The van der Waals surface area contributed by atoms with E-state index >= 15 is 0 Å². The van der Waals surface area contributed by atoms with Gasteiger partial charge in [0.1, 0.15) is 11.0 Å². The van der Waals surface area contributed by atoms with Crippen molar-refractivity contribution >= 4 is 22.6 Å². The maximum absolute atomic E-state index is 10.5. The molecule has 0 heterocycles. The lowest BCUT2D eigenvalue weighted by Gasteiger charge is -2.25. The van der Waals surface area contributed by atoms with Crippen molar-refractivity contribution in [2.24, 2.45) is 15.9 Å². The average Bonchev–Trinajstić information content (AvgIpc) is 2.56. The van der Waals surface area contributed by atoms with Gasteiger partial charge in [0.05, 0.1) is 18.2 Å². The largest absolute Gasteiger partial charge is 0.390 e. The molecule has 1 fully saturated rings. The Morgan fingerprint density at radius 2 is 2.15 bits per heavy atom. The highest BCUT2D eigenvalue weighted by Crippen LogP contribution is 2.28. The molecule has 1 aliphatic carbocycles. The van der Waals surface area contributed by atoms with E-state index in [0.29, 0.717) is 6.42 Å². The van der Waals surface area contributed by atoms with Gasteiger partial charge in [-0.05, 0) is 26.7 Å². The van der Waals surface area contributed by atoms with Crippen LogP contribution >= 0.6 is 11.6 Å². The molecule has 114 valence electrons. The number of hydrogen-bond donors (Lipinski definition) is 4. The first kappa shape index (κ1) is 17.0. The van der Waals surface area contributed by atoms with Crippen LogP contribution in [0, 0.1) is 10.3 Å². The average molecular weight is 307 g/mol. The monoisotopic (exact) mass is 306 g/mol. The van der Waals surface area contributed by atoms with E-state index in [2.05, 4.69) is 10.2 Å². The highest BCUT2D eigenvalue weighted by atomic mass is 35.5.